The first-order valence-electron chi connectivity index (χ1n) is 5.43. The number of nitro groups is 1. The van der Waals surface area contributed by atoms with E-state index in [9.17, 15) is 10.1 Å². The SMILES string of the molecule is COc1ccc(Br)c(Nc2nc(Cl)ccc2[N+](=O)[O-])c1. The maximum absolute atomic E-state index is 11.0. The topological polar surface area (TPSA) is 77.3 Å². The van der Waals surface area contributed by atoms with Crippen LogP contribution in [0.1, 0.15) is 0 Å². The Balaban J connectivity index is 2.43. The molecule has 0 radical (unpaired) electrons. The third-order valence-corrected chi connectivity index (χ3v) is 3.37. The Morgan fingerprint density at radius 2 is 2.15 bits per heavy atom. The van der Waals surface area contributed by atoms with E-state index >= 15 is 0 Å². The van der Waals surface area contributed by atoms with Crippen molar-refractivity contribution in [2.24, 2.45) is 0 Å². The lowest BCUT2D eigenvalue weighted by molar-refractivity contribution is -0.384. The smallest absolute Gasteiger partial charge is 0.311 e. The largest absolute Gasteiger partial charge is 0.497 e. The molecule has 0 unspecified atom stereocenters. The number of anilines is 2. The predicted molar refractivity (Wildman–Crippen MR) is 79.9 cm³/mol. The molecule has 20 heavy (non-hydrogen) atoms. The minimum atomic E-state index is -0.528. The van der Waals surface area contributed by atoms with Gasteiger partial charge in [-0.2, -0.15) is 0 Å². The number of hydrogen-bond acceptors (Lipinski definition) is 5. The van der Waals surface area contributed by atoms with Crippen molar-refractivity contribution in [1.82, 2.24) is 4.98 Å². The third-order valence-electron chi connectivity index (χ3n) is 2.46. The normalized spacial score (nSPS) is 10.2. The van der Waals surface area contributed by atoms with Crippen LogP contribution in [0, 0.1) is 10.1 Å². The molecule has 0 aliphatic rings. The Labute approximate surface area is 128 Å². The van der Waals surface area contributed by atoms with E-state index in [2.05, 4.69) is 26.2 Å². The molecule has 1 aromatic carbocycles. The van der Waals surface area contributed by atoms with Gasteiger partial charge in [0.05, 0.1) is 17.7 Å². The number of nitrogens with one attached hydrogen (secondary N) is 1. The summed E-state index contributed by atoms with van der Waals surface area (Å²) in [7, 11) is 1.53. The van der Waals surface area contributed by atoms with Gasteiger partial charge < -0.3 is 10.1 Å². The summed E-state index contributed by atoms with van der Waals surface area (Å²) in [6.07, 6.45) is 0. The molecule has 0 aliphatic heterocycles. The van der Waals surface area contributed by atoms with Crippen LogP contribution in [0.2, 0.25) is 5.15 Å². The van der Waals surface area contributed by atoms with Gasteiger partial charge in [0.2, 0.25) is 5.82 Å². The van der Waals surface area contributed by atoms with Gasteiger partial charge in [0.25, 0.3) is 0 Å². The molecule has 0 atom stereocenters. The highest BCUT2D eigenvalue weighted by Gasteiger charge is 2.17. The van der Waals surface area contributed by atoms with E-state index < -0.39 is 4.92 Å². The molecule has 0 amide bonds. The summed E-state index contributed by atoms with van der Waals surface area (Å²) in [6, 6.07) is 7.88. The van der Waals surface area contributed by atoms with Gasteiger partial charge in [0, 0.05) is 16.6 Å². The number of halogens is 2. The van der Waals surface area contributed by atoms with Crippen molar-refractivity contribution in [3.8, 4) is 5.75 Å². The Morgan fingerprint density at radius 3 is 2.80 bits per heavy atom. The molecule has 8 heteroatoms. The molecule has 2 rings (SSSR count). The van der Waals surface area contributed by atoms with E-state index in [0.29, 0.717) is 11.4 Å². The van der Waals surface area contributed by atoms with E-state index in [1.54, 1.807) is 18.2 Å². The lowest BCUT2D eigenvalue weighted by Crippen LogP contribution is -2.00. The van der Waals surface area contributed by atoms with Gasteiger partial charge in [-0.1, -0.05) is 11.6 Å². The van der Waals surface area contributed by atoms with E-state index in [0.717, 1.165) is 4.47 Å². The lowest BCUT2D eigenvalue weighted by atomic mass is 10.3. The minimum absolute atomic E-state index is 0.0662. The average Bonchev–Trinajstić information content (AvgIpc) is 2.41. The van der Waals surface area contributed by atoms with Crippen molar-refractivity contribution < 1.29 is 9.66 Å². The third kappa shape index (κ3) is 3.17. The maximum Gasteiger partial charge on any atom is 0.311 e. The average molecular weight is 359 g/mol. The lowest BCUT2D eigenvalue weighted by Gasteiger charge is -2.10. The Bertz CT molecular complexity index is 666. The zero-order valence-corrected chi connectivity index (χ0v) is 12.6. The van der Waals surface area contributed by atoms with Crippen LogP contribution in [-0.2, 0) is 0 Å². The summed E-state index contributed by atoms with van der Waals surface area (Å²) >= 11 is 9.12. The molecule has 0 saturated carbocycles. The van der Waals surface area contributed by atoms with Gasteiger partial charge in [-0.15, -0.1) is 0 Å². The first-order chi connectivity index (χ1) is 9.51. The summed E-state index contributed by atoms with van der Waals surface area (Å²) in [4.78, 5) is 14.4. The van der Waals surface area contributed by atoms with Crippen molar-refractivity contribution in [3.63, 3.8) is 0 Å². The molecule has 0 saturated heterocycles. The molecule has 0 bridgehead atoms. The standard InChI is InChI=1S/C12H9BrClN3O3/c1-20-7-2-3-8(13)9(6-7)15-12-10(17(18)19)4-5-11(14)16-12/h2-6H,1H3,(H,15,16). The Morgan fingerprint density at radius 1 is 1.40 bits per heavy atom. The van der Waals surface area contributed by atoms with Gasteiger partial charge in [-0.25, -0.2) is 4.98 Å². The molecule has 0 spiro atoms. The predicted octanol–water partition coefficient (Wildman–Crippen LogP) is 4.16. The quantitative estimate of drug-likeness (QED) is 0.504. The highest BCUT2D eigenvalue weighted by atomic mass is 79.9. The van der Waals surface area contributed by atoms with Crippen LogP contribution in [0.5, 0.6) is 5.75 Å². The van der Waals surface area contributed by atoms with Crippen LogP contribution in [0.4, 0.5) is 17.2 Å². The molecule has 1 heterocycles. The van der Waals surface area contributed by atoms with Crippen molar-refractivity contribution in [3.05, 3.63) is 50.1 Å². The van der Waals surface area contributed by atoms with E-state index in [-0.39, 0.29) is 16.7 Å². The van der Waals surface area contributed by atoms with E-state index in [1.807, 2.05) is 0 Å². The van der Waals surface area contributed by atoms with Crippen LogP contribution in [0.3, 0.4) is 0 Å². The fraction of sp³-hybridized carbons (Fsp3) is 0.0833. The second kappa shape index (κ2) is 6.06. The molecule has 0 fully saturated rings. The number of rotatable bonds is 4. The highest BCUT2D eigenvalue weighted by molar-refractivity contribution is 9.10. The van der Waals surface area contributed by atoms with Crippen molar-refractivity contribution in [2.45, 2.75) is 0 Å². The fourth-order valence-corrected chi connectivity index (χ4v) is 2.02. The number of nitrogens with zero attached hydrogens (tertiary/aromatic N) is 2. The summed E-state index contributed by atoms with van der Waals surface area (Å²) in [5, 5.41) is 14.0. The number of benzene rings is 1. The van der Waals surface area contributed by atoms with Crippen molar-refractivity contribution >= 4 is 44.7 Å². The molecule has 1 aromatic heterocycles. The van der Waals surface area contributed by atoms with Crippen molar-refractivity contribution in [1.29, 1.82) is 0 Å². The van der Waals surface area contributed by atoms with Crippen molar-refractivity contribution in [2.75, 3.05) is 12.4 Å². The molecular formula is C12H9BrClN3O3. The number of aromatic nitrogens is 1. The van der Waals surface area contributed by atoms with Crippen LogP contribution >= 0.6 is 27.5 Å². The molecule has 1 N–H and O–H groups in total. The Kier molecular flexibility index (Phi) is 4.41. The van der Waals surface area contributed by atoms with Gasteiger partial charge >= 0.3 is 5.69 Å². The minimum Gasteiger partial charge on any atom is -0.497 e. The zero-order valence-electron chi connectivity index (χ0n) is 10.3. The van der Waals surface area contributed by atoms with Gasteiger partial charge in [0.15, 0.2) is 0 Å². The van der Waals surface area contributed by atoms with Gasteiger partial charge in [-0.05, 0) is 34.1 Å². The summed E-state index contributed by atoms with van der Waals surface area (Å²) in [5.74, 6) is 0.678. The Hall–Kier alpha value is -1.86. The molecule has 104 valence electrons. The molecule has 2 aromatic rings. The first-order valence-corrected chi connectivity index (χ1v) is 6.60. The van der Waals surface area contributed by atoms with E-state index in [4.69, 9.17) is 16.3 Å². The molecular weight excluding hydrogens is 350 g/mol. The summed E-state index contributed by atoms with van der Waals surface area (Å²) < 4.78 is 5.82. The number of methoxy groups -OCH3 is 1. The summed E-state index contributed by atoms with van der Waals surface area (Å²) in [5.41, 5.74) is 0.423. The summed E-state index contributed by atoms with van der Waals surface area (Å²) in [6.45, 7) is 0. The number of hydrogen-bond donors (Lipinski definition) is 1. The number of pyridine rings is 1. The molecule has 0 aliphatic carbocycles. The van der Waals surface area contributed by atoms with Crippen LogP contribution in [0.25, 0.3) is 0 Å². The highest BCUT2D eigenvalue weighted by Crippen LogP contribution is 2.33. The van der Waals surface area contributed by atoms with Gasteiger partial charge in [0.1, 0.15) is 10.9 Å². The van der Waals surface area contributed by atoms with E-state index in [1.165, 1.54) is 19.2 Å². The fourth-order valence-electron chi connectivity index (χ4n) is 1.52. The number of ether oxygens (including phenoxy) is 1. The molecule has 6 nitrogen and oxygen atoms in total. The van der Waals surface area contributed by atoms with Crippen LogP contribution in [0.15, 0.2) is 34.8 Å². The first kappa shape index (κ1) is 14.5. The van der Waals surface area contributed by atoms with Crippen LogP contribution < -0.4 is 10.1 Å². The maximum atomic E-state index is 11.0. The monoisotopic (exact) mass is 357 g/mol. The van der Waals surface area contributed by atoms with Crippen LogP contribution in [-0.4, -0.2) is 17.0 Å². The van der Waals surface area contributed by atoms with Gasteiger partial charge in [-0.3, -0.25) is 10.1 Å². The second-order valence-corrected chi connectivity index (χ2v) is 4.97. The zero-order chi connectivity index (χ0) is 14.7. The second-order valence-electron chi connectivity index (χ2n) is 3.73.